The zero-order valence-electron chi connectivity index (χ0n) is 11.9. The van der Waals surface area contributed by atoms with E-state index in [1.54, 1.807) is 11.3 Å². The molecule has 22 heavy (non-hydrogen) atoms. The van der Waals surface area contributed by atoms with Crippen molar-refractivity contribution in [2.24, 2.45) is 0 Å². The molecule has 0 radical (unpaired) electrons. The van der Waals surface area contributed by atoms with E-state index in [1.165, 1.54) is 37.6 Å². The molecule has 0 unspecified atom stereocenters. The van der Waals surface area contributed by atoms with Crippen molar-refractivity contribution in [3.63, 3.8) is 0 Å². The van der Waals surface area contributed by atoms with E-state index in [-0.39, 0.29) is 0 Å². The first kappa shape index (κ1) is 12.0. The maximum atomic E-state index is 2.40. The van der Waals surface area contributed by atoms with Crippen LogP contribution < -0.4 is 0 Å². The Hall–Kier alpha value is -2.58. The van der Waals surface area contributed by atoms with Gasteiger partial charge in [-0.2, -0.15) is 0 Å². The third-order valence-corrected chi connectivity index (χ3v) is 5.19. The predicted octanol–water partition coefficient (Wildman–Crippen LogP) is 6.00. The summed E-state index contributed by atoms with van der Waals surface area (Å²) in [7, 11) is 0. The summed E-state index contributed by atoms with van der Waals surface area (Å²) >= 11 is 1.81. The quantitative estimate of drug-likeness (QED) is 0.358. The van der Waals surface area contributed by atoms with Crippen LogP contribution in [0.2, 0.25) is 0 Å². The van der Waals surface area contributed by atoms with Crippen molar-refractivity contribution >= 4 is 43.2 Å². The molecule has 0 bridgehead atoms. The standard InChI is InChI=1S/C20H13NS/c1-2-8-15-14(6-1)7-5-11-18(15)21-19-10-4-3-9-16(19)17-12-13-22-20(17)21/h1-13H. The van der Waals surface area contributed by atoms with Gasteiger partial charge in [0.15, 0.2) is 0 Å². The topological polar surface area (TPSA) is 4.93 Å². The average molecular weight is 299 g/mol. The largest absolute Gasteiger partial charge is 0.300 e. The maximum absolute atomic E-state index is 2.40. The van der Waals surface area contributed by atoms with Crippen LogP contribution in [0, 0.1) is 0 Å². The Bertz CT molecular complexity index is 1130. The molecular formula is C20H13NS. The van der Waals surface area contributed by atoms with Gasteiger partial charge in [-0.3, -0.25) is 0 Å². The molecule has 2 heterocycles. The SMILES string of the molecule is c1ccc2c(-n3c4ccccc4c4ccsc43)cccc2c1. The van der Waals surface area contributed by atoms with Gasteiger partial charge in [0.2, 0.25) is 0 Å². The molecule has 104 valence electrons. The van der Waals surface area contributed by atoms with Crippen LogP contribution in [0.15, 0.2) is 78.2 Å². The molecule has 5 aromatic rings. The van der Waals surface area contributed by atoms with Crippen LogP contribution in [0.25, 0.3) is 37.6 Å². The van der Waals surface area contributed by atoms with Gasteiger partial charge in [-0.25, -0.2) is 0 Å². The Morgan fingerprint density at radius 1 is 0.636 bits per heavy atom. The number of aromatic nitrogens is 1. The second-order valence-electron chi connectivity index (χ2n) is 5.49. The third-order valence-electron chi connectivity index (χ3n) is 4.29. The van der Waals surface area contributed by atoms with Crippen molar-refractivity contribution in [2.45, 2.75) is 0 Å². The zero-order chi connectivity index (χ0) is 14.5. The number of thiophene rings is 1. The summed E-state index contributed by atoms with van der Waals surface area (Å²) < 4.78 is 2.40. The summed E-state index contributed by atoms with van der Waals surface area (Å²) in [6.07, 6.45) is 0. The van der Waals surface area contributed by atoms with Crippen LogP contribution in [-0.2, 0) is 0 Å². The van der Waals surface area contributed by atoms with Crippen molar-refractivity contribution in [1.29, 1.82) is 0 Å². The molecule has 0 saturated heterocycles. The lowest BCUT2D eigenvalue weighted by molar-refractivity contribution is 1.21. The van der Waals surface area contributed by atoms with E-state index in [4.69, 9.17) is 0 Å². The molecule has 2 heteroatoms. The summed E-state index contributed by atoms with van der Waals surface area (Å²) in [5, 5.41) is 7.42. The lowest BCUT2D eigenvalue weighted by Crippen LogP contribution is -1.93. The number of rotatable bonds is 1. The summed E-state index contributed by atoms with van der Waals surface area (Å²) in [6, 6.07) is 26.0. The summed E-state index contributed by atoms with van der Waals surface area (Å²) in [5.41, 5.74) is 2.53. The van der Waals surface area contributed by atoms with Gasteiger partial charge in [0.1, 0.15) is 4.83 Å². The highest BCUT2D eigenvalue weighted by atomic mass is 32.1. The number of benzene rings is 3. The number of fused-ring (bicyclic) bond motifs is 4. The third kappa shape index (κ3) is 1.53. The molecule has 0 N–H and O–H groups in total. The smallest absolute Gasteiger partial charge is 0.108 e. The summed E-state index contributed by atoms with van der Waals surface area (Å²) in [5.74, 6) is 0. The molecule has 2 aromatic heterocycles. The lowest BCUT2D eigenvalue weighted by atomic mass is 10.1. The second kappa shape index (κ2) is 4.46. The first-order valence-electron chi connectivity index (χ1n) is 7.38. The highest BCUT2D eigenvalue weighted by molar-refractivity contribution is 7.17. The van der Waals surface area contributed by atoms with Gasteiger partial charge in [-0.1, -0.05) is 54.6 Å². The predicted molar refractivity (Wildman–Crippen MR) is 96.2 cm³/mol. The molecule has 0 atom stereocenters. The first-order chi connectivity index (χ1) is 10.9. The van der Waals surface area contributed by atoms with Crippen molar-refractivity contribution in [2.75, 3.05) is 0 Å². The van der Waals surface area contributed by atoms with E-state index >= 15 is 0 Å². The van der Waals surface area contributed by atoms with Crippen LogP contribution in [0.4, 0.5) is 0 Å². The van der Waals surface area contributed by atoms with E-state index in [0.717, 1.165) is 0 Å². The zero-order valence-corrected chi connectivity index (χ0v) is 12.7. The van der Waals surface area contributed by atoms with E-state index in [0.29, 0.717) is 0 Å². The van der Waals surface area contributed by atoms with Crippen molar-refractivity contribution in [3.05, 3.63) is 78.2 Å². The van der Waals surface area contributed by atoms with Crippen LogP contribution in [0.5, 0.6) is 0 Å². The monoisotopic (exact) mass is 299 g/mol. The fourth-order valence-corrected chi connectivity index (χ4v) is 4.27. The Balaban J connectivity index is 2.02. The van der Waals surface area contributed by atoms with Crippen molar-refractivity contribution in [3.8, 4) is 5.69 Å². The molecule has 3 aromatic carbocycles. The van der Waals surface area contributed by atoms with Crippen LogP contribution in [0.1, 0.15) is 0 Å². The Kier molecular flexibility index (Phi) is 2.43. The first-order valence-corrected chi connectivity index (χ1v) is 8.26. The minimum atomic E-state index is 1.26. The van der Waals surface area contributed by atoms with Crippen LogP contribution >= 0.6 is 11.3 Å². The molecule has 0 saturated carbocycles. The fourth-order valence-electron chi connectivity index (χ4n) is 3.33. The minimum Gasteiger partial charge on any atom is -0.300 e. The highest BCUT2D eigenvalue weighted by Gasteiger charge is 2.14. The van der Waals surface area contributed by atoms with Gasteiger partial charge in [0, 0.05) is 16.2 Å². The molecule has 0 amide bonds. The van der Waals surface area contributed by atoms with Gasteiger partial charge in [0.05, 0.1) is 11.2 Å². The normalized spacial score (nSPS) is 11.6. The number of nitrogens with zero attached hydrogens (tertiary/aromatic N) is 1. The number of hydrogen-bond donors (Lipinski definition) is 0. The van der Waals surface area contributed by atoms with Gasteiger partial charge in [-0.15, -0.1) is 11.3 Å². The summed E-state index contributed by atoms with van der Waals surface area (Å²) in [6.45, 7) is 0. The second-order valence-corrected chi connectivity index (χ2v) is 6.38. The van der Waals surface area contributed by atoms with Gasteiger partial charge >= 0.3 is 0 Å². The average Bonchev–Trinajstić information content (AvgIpc) is 3.15. The van der Waals surface area contributed by atoms with E-state index < -0.39 is 0 Å². The molecule has 0 aliphatic carbocycles. The van der Waals surface area contributed by atoms with Crippen LogP contribution in [-0.4, -0.2) is 4.57 Å². The van der Waals surface area contributed by atoms with Crippen molar-refractivity contribution < 1.29 is 0 Å². The molecule has 0 fully saturated rings. The molecule has 0 aliphatic rings. The summed E-state index contributed by atoms with van der Waals surface area (Å²) in [4.78, 5) is 1.32. The molecule has 5 rings (SSSR count). The Morgan fingerprint density at radius 2 is 1.41 bits per heavy atom. The lowest BCUT2D eigenvalue weighted by Gasteiger charge is -2.10. The molecule has 0 spiro atoms. The van der Waals surface area contributed by atoms with Gasteiger partial charge in [0.25, 0.3) is 0 Å². The molecular weight excluding hydrogens is 286 g/mol. The van der Waals surface area contributed by atoms with Crippen molar-refractivity contribution in [1.82, 2.24) is 4.57 Å². The fraction of sp³-hybridized carbons (Fsp3) is 0. The Labute approximate surface area is 132 Å². The number of hydrogen-bond acceptors (Lipinski definition) is 1. The van der Waals surface area contributed by atoms with Gasteiger partial charge in [-0.05, 0) is 29.0 Å². The van der Waals surface area contributed by atoms with Crippen LogP contribution in [0.3, 0.4) is 0 Å². The van der Waals surface area contributed by atoms with Gasteiger partial charge < -0.3 is 4.57 Å². The molecule has 0 aliphatic heterocycles. The molecule has 1 nitrogen and oxygen atoms in total. The maximum Gasteiger partial charge on any atom is 0.108 e. The Morgan fingerprint density at radius 3 is 2.36 bits per heavy atom. The van der Waals surface area contributed by atoms with E-state index in [9.17, 15) is 0 Å². The highest BCUT2D eigenvalue weighted by Crippen LogP contribution is 2.36. The van der Waals surface area contributed by atoms with E-state index in [2.05, 4.69) is 82.7 Å². The minimum absolute atomic E-state index is 1.26. The number of para-hydroxylation sites is 1. The van der Waals surface area contributed by atoms with E-state index in [1.807, 2.05) is 0 Å².